The van der Waals surface area contributed by atoms with E-state index in [4.69, 9.17) is 0 Å². The lowest BCUT2D eigenvalue weighted by Gasteiger charge is -2.29. The number of nitrogens with one attached hydrogen (secondary N) is 2. The zero-order valence-corrected chi connectivity index (χ0v) is 18.1. The number of carbonyl (C=O) groups excluding carboxylic acids is 2. The number of para-hydroxylation sites is 1. The average Bonchev–Trinajstić information content (AvgIpc) is 3.03. The minimum atomic E-state index is -0.143. The number of rotatable bonds is 7. The van der Waals surface area contributed by atoms with E-state index in [9.17, 15) is 9.59 Å². The van der Waals surface area contributed by atoms with Crippen molar-refractivity contribution in [3.8, 4) is 0 Å². The first-order valence-electron chi connectivity index (χ1n) is 10.1. The van der Waals surface area contributed by atoms with E-state index in [0.717, 1.165) is 17.7 Å². The Labute approximate surface area is 176 Å². The summed E-state index contributed by atoms with van der Waals surface area (Å²) in [7, 11) is 1.82. The fourth-order valence-electron chi connectivity index (χ4n) is 3.59. The molecule has 0 spiro atoms. The molecule has 1 aliphatic rings. The van der Waals surface area contributed by atoms with Gasteiger partial charge < -0.3 is 15.2 Å². The lowest BCUT2D eigenvalue weighted by atomic mass is 9.86. The summed E-state index contributed by atoms with van der Waals surface area (Å²) in [5, 5.41) is 15.0. The van der Waals surface area contributed by atoms with Crippen LogP contribution in [-0.4, -0.2) is 38.4 Å². The summed E-state index contributed by atoms with van der Waals surface area (Å²) in [6.45, 7) is 4.15. The van der Waals surface area contributed by atoms with Crippen LogP contribution in [0.4, 0.5) is 5.69 Å². The van der Waals surface area contributed by atoms with E-state index < -0.39 is 0 Å². The maximum Gasteiger partial charge on any atom is 0.232 e. The predicted octanol–water partition coefficient (Wildman–Crippen LogP) is 3.09. The van der Waals surface area contributed by atoms with Crippen LogP contribution in [0.3, 0.4) is 0 Å². The third-order valence-corrected chi connectivity index (χ3v) is 6.47. The SMILES string of the molecule is Cc1ccccc1NC(=O)Cc1nnc(SCC(=O)N[C@H]2CCCC[C@@H]2C)n1C. The summed E-state index contributed by atoms with van der Waals surface area (Å²) in [5.41, 5.74) is 1.80. The van der Waals surface area contributed by atoms with Gasteiger partial charge in [-0.1, -0.05) is 49.7 Å². The molecule has 1 aliphatic carbocycles. The molecule has 0 aliphatic heterocycles. The normalized spacial score (nSPS) is 19.0. The van der Waals surface area contributed by atoms with Crippen LogP contribution < -0.4 is 10.6 Å². The molecular weight excluding hydrogens is 386 g/mol. The van der Waals surface area contributed by atoms with Crippen molar-refractivity contribution in [2.45, 2.75) is 57.1 Å². The van der Waals surface area contributed by atoms with Crippen molar-refractivity contribution in [3.05, 3.63) is 35.7 Å². The summed E-state index contributed by atoms with van der Waals surface area (Å²) in [6.07, 6.45) is 4.79. The van der Waals surface area contributed by atoms with Gasteiger partial charge in [0.1, 0.15) is 5.82 Å². The number of benzene rings is 1. The number of aryl methyl sites for hydroxylation is 1. The van der Waals surface area contributed by atoms with Crippen LogP contribution in [0.25, 0.3) is 0 Å². The summed E-state index contributed by atoms with van der Waals surface area (Å²) < 4.78 is 1.78. The molecule has 1 aromatic carbocycles. The largest absolute Gasteiger partial charge is 0.352 e. The maximum absolute atomic E-state index is 12.4. The van der Waals surface area contributed by atoms with Gasteiger partial charge in [0, 0.05) is 18.8 Å². The summed E-state index contributed by atoms with van der Waals surface area (Å²) in [5.74, 6) is 1.28. The number of carbonyl (C=O) groups is 2. The third kappa shape index (κ3) is 5.82. The van der Waals surface area contributed by atoms with Crippen LogP contribution in [0.5, 0.6) is 0 Å². The molecule has 2 N–H and O–H groups in total. The van der Waals surface area contributed by atoms with Gasteiger partial charge in [0.25, 0.3) is 0 Å². The Hall–Kier alpha value is -2.35. The predicted molar refractivity (Wildman–Crippen MR) is 115 cm³/mol. The first kappa shape index (κ1) is 21.4. The molecule has 29 heavy (non-hydrogen) atoms. The van der Waals surface area contributed by atoms with Gasteiger partial charge in [0.15, 0.2) is 5.16 Å². The highest BCUT2D eigenvalue weighted by molar-refractivity contribution is 7.99. The monoisotopic (exact) mass is 415 g/mol. The number of amides is 2. The van der Waals surface area contributed by atoms with Crippen LogP contribution in [-0.2, 0) is 23.1 Å². The maximum atomic E-state index is 12.4. The van der Waals surface area contributed by atoms with Crippen molar-refractivity contribution >= 4 is 29.3 Å². The second-order valence-electron chi connectivity index (χ2n) is 7.72. The Balaban J connectivity index is 1.50. The van der Waals surface area contributed by atoms with E-state index in [1.807, 2.05) is 38.2 Å². The van der Waals surface area contributed by atoms with Crippen molar-refractivity contribution in [1.82, 2.24) is 20.1 Å². The van der Waals surface area contributed by atoms with Gasteiger partial charge in [-0.25, -0.2) is 0 Å². The van der Waals surface area contributed by atoms with E-state index >= 15 is 0 Å². The smallest absolute Gasteiger partial charge is 0.232 e. The van der Waals surface area contributed by atoms with E-state index in [2.05, 4.69) is 27.8 Å². The second-order valence-corrected chi connectivity index (χ2v) is 8.66. The lowest BCUT2D eigenvalue weighted by Crippen LogP contribution is -2.41. The number of anilines is 1. The highest BCUT2D eigenvalue weighted by atomic mass is 32.2. The van der Waals surface area contributed by atoms with Crippen LogP contribution in [0.1, 0.15) is 44.0 Å². The summed E-state index contributed by atoms with van der Waals surface area (Å²) >= 11 is 1.34. The fraction of sp³-hybridized carbons (Fsp3) is 0.524. The summed E-state index contributed by atoms with van der Waals surface area (Å²) in [6, 6.07) is 7.92. The third-order valence-electron chi connectivity index (χ3n) is 5.45. The van der Waals surface area contributed by atoms with Gasteiger partial charge in [-0.3, -0.25) is 9.59 Å². The molecule has 0 unspecified atom stereocenters. The van der Waals surface area contributed by atoms with Crippen molar-refractivity contribution in [1.29, 1.82) is 0 Å². The van der Waals surface area contributed by atoms with E-state index in [0.29, 0.717) is 22.7 Å². The molecule has 0 saturated heterocycles. The van der Waals surface area contributed by atoms with Crippen molar-refractivity contribution in [2.75, 3.05) is 11.1 Å². The van der Waals surface area contributed by atoms with Gasteiger partial charge in [-0.2, -0.15) is 0 Å². The first-order chi connectivity index (χ1) is 13.9. The molecule has 0 bridgehead atoms. The minimum absolute atomic E-state index is 0.0237. The fourth-order valence-corrected chi connectivity index (χ4v) is 4.33. The zero-order chi connectivity index (χ0) is 20.8. The molecule has 1 heterocycles. The lowest BCUT2D eigenvalue weighted by molar-refractivity contribution is -0.120. The Kier molecular flexibility index (Phi) is 7.30. The average molecular weight is 416 g/mol. The number of hydrogen-bond acceptors (Lipinski definition) is 5. The second kappa shape index (κ2) is 9.91. The highest BCUT2D eigenvalue weighted by Gasteiger charge is 2.23. The minimum Gasteiger partial charge on any atom is -0.352 e. The van der Waals surface area contributed by atoms with E-state index in [-0.39, 0.29) is 24.3 Å². The highest BCUT2D eigenvalue weighted by Crippen LogP contribution is 2.24. The van der Waals surface area contributed by atoms with E-state index in [1.54, 1.807) is 4.57 Å². The Morgan fingerprint density at radius 2 is 1.93 bits per heavy atom. The van der Waals surface area contributed by atoms with Crippen LogP contribution >= 0.6 is 11.8 Å². The Morgan fingerprint density at radius 3 is 2.69 bits per heavy atom. The first-order valence-corrected chi connectivity index (χ1v) is 11.1. The van der Waals surface area contributed by atoms with Crippen molar-refractivity contribution in [2.24, 2.45) is 13.0 Å². The number of hydrogen-bond donors (Lipinski definition) is 2. The van der Waals surface area contributed by atoms with Gasteiger partial charge in [-0.15, -0.1) is 10.2 Å². The van der Waals surface area contributed by atoms with Gasteiger partial charge in [-0.05, 0) is 37.3 Å². The van der Waals surface area contributed by atoms with E-state index in [1.165, 1.54) is 31.0 Å². The quantitative estimate of drug-likeness (QED) is 0.679. The molecule has 1 fully saturated rings. The molecule has 7 nitrogen and oxygen atoms in total. The molecule has 156 valence electrons. The Bertz CT molecular complexity index is 867. The van der Waals surface area contributed by atoms with Gasteiger partial charge in [0.2, 0.25) is 11.8 Å². The molecule has 1 saturated carbocycles. The van der Waals surface area contributed by atoms with Crippen LogP contribution in [0.2, 0.25) is 0 Å². The van der Waals surface area contributed by atoms with Gasteiger partial charge in [0.05, 0.1) is 12.2 Å². The number of nitrogens with zero attached hydrogens (tertiary/aromatic N) is 3. The summed E-state index contributed by atoms with van der Waals surface area (Å²) in [4.78, 5) is 24.7. The standard InChI is InChI=1S/C21H29N5O2S/c1-14-8-4-6-10-16(14)22-19(27)12-18-24-25-21(26(18)3)29-13-20(28)23-17-11-7-5-9-15(17)2/h4,6,8,10,15,17H,5,7,9,11-13H2,1-3H3,(H,22,27)(H,23,28)/t15-,17-/m0/s1. The topological polar surface area (TPSA) is 88.9 Å². The molecular formula is C21H29N5O2S. The van der Waals surface area contributed by atoms with Gasteiger partial charge >= 0.3 is 0 Å². The molecule has 2 aromatic rings. The molecule has 1 aromatic heterocycles. The van der Waals surface area contributed by atoms with Crippen LogP contribution in [0, 0.1) is 12.8 Å². The molecule has 8 heteroatoms. The zero-order valence-electron chi connectivity index (χ0n) is 17.3. The molecule has 0 radical (unpaired) electrons. The van der Waals surface area contributed by atoms with Crippen molar-refractivity contribution in [3.63, 3.8) is 0 Å². The van der Waals surface area contributed by atoms with Crippen molar-refractivity contribution < 1.29 is 9.59 Å². The number of aromatic nitrogens is 3. The Morgan fingerprint density at radius 1 is 1.17 bits per heavy atom. The van der Waals surface area contributed by atoms with Crippen LogP contribution in [0.15, 0.2) is 29.4 Å². The molecule has 3 rings (SSSR count). The molecule has 2 atom stereocenters. The molecule has 2 amide bonds. The number of thioether (sulfide) groups is 1.